The fourth-order valence-electron chi connectivity index (χ4n) is 4.97. The van der Waals surface area contributed by atoms with E-state index < -0.39 is 22.8 Å². The Morgan fingerprint density at radius 3 is 2.76 bits per heavy atom. The number of aliphatic carboxylic acids is 1. The quantitative estimate of drug-likeness (QED) is 0.322. The third kappa shape index (κ3) is 5.08. The minimum atomic E-state index is -0.941. The number of piperidine rings is 1. The number of aliphatic imine (C=N–C) groups is 2. The summed E-state index contributed by atoms with van der Waals surface area (Å²) >= 11 is 1.54. The molecule has 1 aromatic heterocycles. The van der Waals surface area contributed by atoms with Gasteiger partial charge >= 0.3 is 5.97 Å². The fourth-order valence-corrected chi connectivity index (χ4v) is 6.59. The van der Waals surface area contributed by atoms with Crippen molar-refractivity contribution in [2.75, 3.05) is 27.2 Å². The number of hydrogen-bond donors (Lipinski definition) is 1. The van der Waals surface area contributed by atoms with E-state index in [-0.39, 0.29) is 11.3 Å². The molecule has 4 heterocycles. The Labute approximate surface area is 205 Å². The van der Waals surface area contributed by atoms with Gasteiger partial charge in [0, 0.05) is 50.9 Å². The van der Waals surface area contributed by atoms with Crippen molar-refractivity contribution in [2.45, 2.75) is 68.3 Å². The number of amides is 1. The van der Waals surface area contributed by atoms with Crippen molar-refractivity contribution in [1.82, 2.24) is 24.3 Å². The molecule has 3 aliphatic heterocycles. The van der Waals surface area contributed by atoms with E-state index >= 15 is 0 Å². The van der Waals surface area contributed by atoms with Gasteiger partial charge in [0.25, 0.3) is 5.91 Å². The van der Waals surface area contributed by atoms with E-state index in [2.05, 4.69) is 24.4 Å². The average molecular weight is 490 g/mol. The molecule has 0 aliphatic carbocycles. The zero-order chi connectivity index (χ0) is 24.5. The number of aryl methyl sites for hydroxylation is 1. The van der Waals surface area contributed by atoms with E-state index in [0.29, 0.717) is 5.92 Å². The van der Waals surface area contributed by atoms with Gasteiger partial charge in [0.05, 0.1) is 12.7 Å². The smallest absolute Gasteiger partial charge is 0.327 e. The Hall–Kier alpha value is -2.56. The second-order valence-electron chi connectivity index (χ2n) is 10.1. The lowest BCUT2D eigenvalue weighted by Crippen LogP contribution is -2.65. The molecule has 4 rings (SSSR count). The lowest BCUT2D eigenvalue weighted by atomic mass is 9.92. The Morgan fingerprint density at radius 1 is 1.35 bits per heavy atom. The van der Waals surface area contributed by atoms with Crippen LogP contribution in [0.15, 0.2) is 22.4 Å². The van der Waals surface area contributed by atoms with Gasteiger partial charge in [-0.3, -0.25) is 9.79 Å². The summed E-state index contributed by atoms with van der Waals surface area (Å²) in [6, 6.07) is -1.25. The van der Waals surface area contributed by atoms with Crippen molar-refractivity contribution < 1.29 is 14.7 Å². The number of imidazole rings is 1. The minimum absolute atomic E-state index is 0.171. The van der Waals surface area contributed by atoms with Gasteiger partial charge in [0.2, 0.25) is 5.95 Å². The van der Waals surface area contributed by atoms with Gasteiger partial charge in [-0.15, -0.1) is 11.8 Å². The van der Waals surface area contributed by atoms with Crippen LogP contribution in [0.4, 0.5) is 5.95 Å². The van der Waals surface area contributed by atoms with Crippen LogP contribution in [0.1, 0.15) is 39.5 Å². The van der Waals surface area contributed by atoms with Crippen LogP contribution >= 0.6 is 11.8 Å². The molecule has 1 aromatic rings. The molecule has 0 bridgehead atoms. The number of carbonyl (C=O) groups excluding carboxylic acids is 1. The van der Waals surface area contributed by atoms with E-state index in [4.69, 9.17) is 0 Å². The largest absolute Gasteiger partial charge is 0.480 e. The Kier molecular flexibility index (Phi) is 7.20. The molecule has 3 saturated heterocycles. The summed E-state index contributed by atoms with van der Waals surface area (Å²) in [6.45, 7) is 6.55. The Balaban J connectivity index is 1.20. The maximum atomic E-state index is 12.6. The number of rotatable bonds is 9. The number of hydrogen-bond acceptors (Lipinski definition) is 6. The van der Waals surface area contributed by atoms with Crippen molar-refractivity contribution in [2.24, 2.45) is 15.9 Å². The van der Waals surface area contributed by atoms with E-state index in [1.54, 1.807) is 24.3 Å². The Bertz CT molecular complexity index is 952. The molecule has 10 nitrogen and oxygen atoms in total. The molecule has 11 heteroatoms. The van der Waals surface area contributed by atoms with E-state index in [0.717, 1.165) is 44.8 Å². The molecule has 186 valence electrons. The Morgan fingerprint density at radius 2 is 2.09 bits per heavy atom. The van der Waals surface area contributed by atoms with E-state index in [1.807, 2.05) is 45.4 Å². The van der Waals surface area contributed by atoms with Crippen LogP contribution in [0.25, 0.3) is 0 Å². The van der Waals surface area contributed by atoms with Gasteiger partial charge in [0.1, 0.15) is 11.4 Å². The molecule has 0 radical (unpaired) electrons. The van der Waals surface area contributed by atoms with Gasteiger partial charge < -0.3 is 24.4 Å². The molecule has 0 aromatic carbocycles. The highest BCUT2D eigenvalue weighted by Crippen LogP contribution is 2.51. The van der Waals surface area contributed by atoms with Gasteiger partial charge in [0.15, 0.2) is 6.04 Å². The van der Waals surface area contributed by atoms with Crippen molar-refractivity contribution in [3.63, 3.8) is 0 Å². The maximum Gasteiger partial charge on any atom is 0.327 e. The van der Waals surface area contributed by atoms with Crippen LogP contribution in [0.2, 0.25) is 0 Å². The number of carbonyl (C=O) groups is 2. The van der Waals surface area contributed by atoms with E-state index in [9.17, 15) is 14.7 Å². The number of aromatic nitrogens is 2. The lowest BCUT2D eigenvalue weighted by molar-refractivity contribution is -0.158. The highest BCUT2D eigenvalue weighted by molar-refractivity contribution is 8.01. The second kappa shape index (κ2) is 9.97. The highest BCUT2D eigenvalue weighted by Gasteiger charge is 2.63. The van der Waals surface area contributed by atoms with Crippen molar-refractivity contribution >= 4 is 42.3 Å². The van der Waals surface area contributed by atoms with Crippen LogP contribution in [0, 0.1) is 5.92 Å². The number of fused-ring (bicyclic) bond motifs is 1. The summed E-state index contributed by atoms with van der Waals surface area (Å²) in [5.41, 5.74) is 0. The number of carboxylic acids is 1. The molecule has 3 atom stereocenters. The third-order valence-electron chi connectivity index (χ3n) is 6.80. The first-order chi connectivity index (χ1) is 16.2. The SMILES string of the molecule is CN(C)C=Nc1nccn1CCCC1CCN(C=NC2C(=O)N3C2SC(C)(C)[C@@H]3C(=O)O)CC1. The fraction of sp³-hybridized carbons (Fsp3) is 0.696. The molecule has 34 heavy (non-hydrogen) atoms. The van der Waals surface area contributed by atoms with Gasteiger partial charge in [-0.2, -0.15) is 0 Å². The third-order valence-corrected chi connectivity index (χ3v) is 8.35. The molecule has 2 unspecified atom stereocenters. The standard InChI is InChI=1S/C23H35N7O3S/c1-23(2)18(21(32)33)30-19(31)17(20(30)34-23)25-15-28-11-7-16(8-12-28)6-5-10-29-13-9-24-22(29)26-14-27(3)4/h9,13-18,20H,5-8,10-12H2,1-4H3,(H,32,33)/t17?,18-,20?/m0/s1. The zero-order valence-corrected chi connectivity index (χ0v) is 21.2. The van der Waals surface area contributed by atoms with Gasteiger partial charge in [-0.1, -0.05) is 0 Å². The van der Waals surface area contributed by atoms with Crippen molar-refractivity contribution in [3.8, 4) is 0 Å². The predicted molar refractivity (Wildman–Crippen MR) is 134 cm³/mol. The molecular formula is C23H35N7O3S. The second-order valence-corrected chi connectivity index (χ2v) is 11.8. The van der Waals surface area contributed by atoms with E-state index in [1.165, 1.54) is 11.3 Å². The topological polar surface area (TPSA) is 107 Å². The zero-order valence-electron chi connectivity index (χ0n) is 20.4. The monoisotopic (exact) mass is 489 g/mol. The first kappa shape index (κ1) is 24.6. The number of thioether (sulfide) groups is 1. The van der Waals surface area contributed by atoms with Crippen molar-refractivity contribution in [3.05, 3.63) is 12.4 Å². The number of nitrogens with zero attached hydrogens (tertiary/aromatic N) is 7. The van der Waals surface area contributed by atoms with Crippen LogP contribution in [0.5, 0.6) is 0 Å². The molecule has 1 N–H and O–H groups in total. The first-order valence-corrected chi connectivity index (χ1v) is 12.8. The van der Waals surface area contributed by atoms with Crippen LogP contribution < -0.4 is 0 Å². The first-order valence-electron chi connectivity index (χ1n) is 11.9. The molecule has 0 spiro atoms. The minimum Gasteiger partial charge on any atom is -0.480 e. The summed E-state index contributed by atoms with van der Waals surface area (Å²) in [5.74, 6) is 0.311. The average Bonchev–Trinajstić information content (AvgIpc) is 3.33. The maximum absolute atomic E-state index is 12.6. The predicted octanol–water partition coefficient (Wildman–Crippen LogP) is 2.14. The van der Waals surface area contributed by atoms with Crippen LogP contribution in [-0.2, 0) is 16.1 Å². The normalized spacial score (nSPS) is 26.9. The number of β-lactam (4-membered cyclic amide) rings is 1. The molecule has 0 saturated carbocycles. The van der Waals surface area contributed by atoms with Crippen molar-refractivity contribution in [1.29, 1.82) is 0 Å². The van der Waals surface area contributed by atoms with Gasteiger partial charge in [-0.25, -0.2) is 14.8 Å². The highest BCUT2D eigenvalue weighted by atomic mass is 32.2. The lowest BCUT2D eigenvalue weighted by Gasteiger charge is -2.41. The molecule has 3 aliphatic rings. The van der Waals surface area contributed by atoms with Gasteiger partial charge in [-0.05, 0) is 45.4 Å². The summed E-state index contributed by atoms with van der Waals surface area (Å²) in [7, 11) is 3.88. The number of carboxylic acid groups (broad SMARTS) is 1. The molecule has 1 amide bonds. The molecule has 3 fully saturated rings. The summed E-state index contributed by atoms with van der Waals surface area (Å²) in [6.07, 6.45) is 11.8. The molecular weight excluding hydrogens is 454 g/mol. The number of likely N-dealkylation sites (tertiary alicyclic amines) is 1. The summed E-state index contributed by atoms with van der Waals surface area (Å²) in [5, 5.41) is 9.37. The summed E-state index contributed by atoms with van der Waals surface area (Å²) < 4.78 is 1.59. The summed E-state index contributed by atoms with van der Waals surface area (Å²) in [4.78, 5) is 43.1. The van der Waals surface area contributed by atoms with Crippen LogP contribution in [-0.4, -0.2) is 103 Å². The van der Waals surface area contributed by atoms with Crippen LogP contribution in [0.3, 0.4) is 0 Å².